The highest BCUT2D eigenvalue weighted by atomic mass is 32.2. The average Bonchev–Trinajstić information content (AvgIpc) is 2.69. The number of primary amides is 1. The van der Waals surface area contributed by atoms with Gasteiger partial charge in [0.25, 0.3) is 5.84 Å². The van der Waals surface area contributed by atoms with Gasteiger partial charge in [0.1, 0.15) is 6.21 Å². The molecule has 5 amide bonds. The minimum Gasteiger partial charge on any atom is -0.366 e. The number of hydrogen-bond donors (Lipinski definition) is 2. The normalized spacial score (nSPS) is 18.7. The topological polar surface area (TPSA) is 125 Å². The summed E-state index contributed by atoms with van der Waals surface area (Å²) < 4.78 is 1.33. The molecular formula is C18H18N5O4S+. The van der Waals surface area contributed by atoms with E-state index < -0.39 is 17.9 Å². The molecule has 2 aliphatic rings. The number of nitrogens with two attached hydrogens (primary N) is 1. The molecule has 0 aliphatic carbocycles. The molecule has 2 aliphatic heterocycles. The third kappa shape index (κ3) is 3.72. The largest absolute Gasteiger partial charge is 0.445 e. The zero-order valence-electron chi connectivity index (χ0n) is 15.2. The Morgan fingerprint density at radius 2 is 1.96 bits per heavy atom. The predicted molar refractivity (Wildman–Crippen MR) is 105 cm³/mol. The summed E-state index contributed by atoms with van der Waals surface area (Å²) in [6.07, 6.45) is 3.18. The van der Waals surface area contributed by atoms with Crippen molar-refractivity contribution in [3.63, 3.8) is 0 Å². The van der Waals surface area contributed by atoms with Gasteiger partial charge in [-0.2, -0.15) is 9.48 Å². The lowest BCUT2D eigenvalue weighted by Crippen LogP contribution is -2.52. The molecule has 10 heteroatoms. The fourth-order valence-corrected chi connectivity index (χ4v) is 3.70. The molecule has 3 rings (SSSR count). The minimum absolute atomic E-state index is 0.0652. The minimum atomic E-state index is -0.703. The summed E-state index contributed by atoms with van der Waals surface area (Å²) in [6.45, 7) is 0. The molecule has 0 spiro atoms. The maximum Gasteiger partial charge on any atom is 0.445 e. The number of nitrogens with one attached hydrogen (secondary N) is 1. The Hall–Kier alpha value is -3.27. The van der Waals surface area contributed by atoms with Gasteiger partial charge in [0.2, 0.25) is 11.8 Å². The molecule has 28 heavy (non-hydrogen) atoms. The van der Waals surface area contributed by atoms with Crippen LogP contribution in [-0.4, -0.2) is 65.1 Å². The molecule has 1 unspecified atom stereocenters. The summed E-state index contributed by atoms with van der Waals surface area (Å²) >= 11 is 1.20. The molecule has 1 aromatic rings. The second-order valence-electron chi connectivity index (χ2n) is 6.16. The molecule has 0 radical (unpaired) electrons. The molecule has 0 saturated heterocycles. The number of carbonyl (C=O) groups is 4. The molecule has 2 heterocycles. The van der Waals surface area contributed by atoms with E-state index in [-0.39, 0.29) is 17.6 Å². The van der Waals surface area contributed by atoms with Gasteiger partial charge >= 0.3 is 11.9 Å². The number of hydrogen-bond acceptors (Lipinski definition) is 6. The third-order valence-electron chi connectivity index (χ3n) is 4.31. The summed E-state index contributed by atoms with van der Waals surface area (Å²) in [5, 5.41) is 2.72. The van der Waals surface area contributed by atoms with E-state index in [1.54, 1.807) is 25.3 Å². The standard InChI is InChI=1S/C18H17N5O4S/c1-22-16-14(17(26)23(2)18(22)27)12(7-8-20-16)28-9-13(24)21-11-5-3-10(4-6-11)15(19)25/h3-8,14H,9H2,1-2H3,(H2-,19,21,24,25)/p+1. The fraction of sp³-hybridized carbons (Fsp3) is 0.222. The van der Waals surface area contributed by atoms with Crippen LogP contribution in [0.1, 0.15) is 10.4 Å². The number of benzene rings is 1. The Morgan fingerprint density at radius 3 is 2.61 bits per heavy atom. The summed E-state index contributed by atoms with van der Waals surface area (Å²) in [5.41, 5.74) is 6.06. The zero-order valence-corrected chi connectivity index (χ0v) is 16.0. The van der Waals surface area contributed by atoms with E-state index in [1.807, 2.05) is 0 Å². The number of nitrogens with zero attached hydrogens (tertiary/aromatic N) is 3. The van der Waals surface area contributed by atoms with Crippen LogP contribution >= 0.6 is 11.8 Å². The van der Waals surface area contributed by atoms with Crippen molar-refractivity contribution in [1.29, 1.82) is 0 Å². The second kappa shape index (κ2) is 7.77. The molecular weight excluding hydrogens is 382 g/mol. The van der Waals surface area contributed by atoms with E-state index in [4.69, 9.17) is 5.73 Å². The van der Waals surface area contributed by atoms with Gasteiger partial charge in [0, 0.05) is 16.2 Å². The van der Waals surface area contributed by atoms with Crippen LogP contribution in [0.3, 0.4) is 0 Å². The zero-order chi connectivity index (χ0) is 20.4. The smallest absolute Gasteiger partial charge is 0.366 e. The summed E-state index contributed by atoms with van der Waals surface area (Å²) in [6, 6.07) is 5.77. The predicted octanol–water partition coefficient (Wildman–Crippen LogP) is 0.674. The van der Waals surface area contributed by atoms with Gasteiger partial charge in [-0.25, -0.2) is 4.79 Å². The fourth-order valence-electron chi connectivity index (χ4n) is 2.80. The molecule has 0 fully saturated rings. The summed E-state index contributed by atoms with van der Waals surface area (Å²) in [4.78, 5) is 53.8. The van der Waals surface area contributed by atoms with Crippen LogP contribution in [0.5, 0.6) is 0 Å². The average molecular weight is 400 g/mol. The lowest BCUT2D eigenvalue weighted by Gasteiger charge is -2.26. The van der Waals surface area contributed by atoms with Crippen LogP contribution in [0, 0.1) is 5.92 Å². The number of carbonyl (C=O) groups excluding carboxylic acids is 4. The van der Waals surface area contributed by atoms with Gasteiger partial charge in [0.05, 0.1) is 19.8 Å². The Kier molecular flexibility index (Phi) is 5.41. The first-order valence-electron chi connectivity index (χ1n) is 8.28. The van der Waals surface area contributed by atoms with Crippen molar-refractivity contribution in [2.75, 3.05) is 25.2 Å². The Morgan fingerprint density at radius 1 is 1.29 bits per heavy atom. The maximum absolute atomic E-state index is 12.5. The van der Waals surface area contributed by atoms with Crippen LogP contribution in [0.25, 0.3) is 0 Å². The first kappa shape index (κ1) is 19.5. The van der Waals surface area contributed by atoms with Crippen molar-refractivity contribution in [3.05, 3.63) is 40.8 Å². The van der Waals surface area contributed by atoms with Gasteiger partial charge < -0.3 is 11.1 Å². The second-order valence-corrected chi connectivity index (χ2v) is 7.20. The number of allylic oxidation sites excluding steroid dienone is 1. The quantitative estimate of drug-likeness (QED) is 0.703. The molecule has 1 aromatic carbocycles. The number of anilines is 1. The molecule has 0 saturated carbocycles. The molecule has 1 atom stereocenters. The Bertz CT molecular complexity index is 965. The van der Waals surface area contributed by atoms with Crippen LogP contribution in [0.15, 0.2) is 40.2 Å². The summed E-state index contributed by atoms with van der Waals surface area (Å²) in [5.74, 6) is -1.49. The van der Waals surface area contributed by atoms with Crippen molar-refractivity contribution >= 4 is 53.3 Å². The number of urea groups is 1. The molecule has 9 nitrogen and oxygen atoms in total. The molecule has 144 valence electrons. The van der Waals surface area contributed by atoms with Gasteiger partial charge in [-0.3, -0.25) is 14.4 Å². The van der Waals surface area contributed by atoms with Gasteiger partial charge in [-0.15, -0.1) is 16.8 Å². The lowest BCUT2D eigenvalue weighted by molar-refractivity contribution is -0.407. The molecule has 3 N–H and O–H groups in total. The van der Waals surface area contributed by atoms with Gasteiger partial charge in [-0.05, 0) is 30.3 Å². The Balaban J connectivity index is 1.67. The number of dihydropyridines is 1. The van der Waals surface area contributed by atoms with Crippen molar-refractivity contribution in [2.45, 2.75) is 0 Å². The number of imide groups is 1. The molecule has 0 aromatic heterocycles. The van der Waals surface area contributed by atoms with E-state index in [0.29, 0.717) is 22.0 Å². The van der Waals surface area contributed by atoms with Crippen molar-refractivity contribution in [3.8, 4) is 0 Å². The SMILES string of the molecule is CN1C(=O)C2C(SCC(=O)Nc3ccc(C(N)=O)cc3)=CC=NC2=[N+](C)C1=O. The van der Waals surface area contributed by atoms with Crippen LogP contribution in [0.2, 0.25) is 0 Å². The monoisotopic (exact) mass is 400 g/mol. The van der Waals surface area contributed by atoms with E-state index in [2.05, 4.69) is 10.3 Å². The lowest BCUT2D eigenvalue weighted by atomic mass is 10.0. The van der Waals surface area contributed by atoms with E-state index in [1.165, 1.54) is 41.7 Å². The van der Waals surface area contributed by atoms with Crippen LogP contribution in [-0.2, 0) is 9.59 Å². The number of rotatable bonds is 5. The highest BCUT2D eigenvalue weighted by Crippen LogP contribution is 2.31. The Labute approximate surface area is 165 Å². The first-order valence-corrected chi connectivity index (χ1v) is 9.27. The summed E-state index contributed by atoms with van der Waals surface area (Å²) in [7, 11) is 2.97. The van der Waals surface area contributed by atoms with E-state index in [0.717, 1.165) is 4.90 Å². The van der Waals surface area contributed by atoms with Crippen LogP contribution < -0.4 is 11.1 Å². The van der Waals surface area contributed by atoms with E-state index in [9.17, 15) is 19.2 Å². The molecule has 0 bridgehead atoms. The van der Waals surface area contributed by atoms with Crippen molar-refractivity contribution < 1.29 is 23.8 Å². The number of amidine groups is 1. The van der Waals surface area contributed by atoms with Crippen LogP contribution in [0.4, 0.5) is 10.5 Å². The van der Waals surface area contributed by atoms with E-state index >= 15 is 0 Å². The van der Waals surface area contributed by atoms with Gasteiger partial charge in [0.15, 0.2) is 5.92 Å². The maximum atomic E-state index is 12.5. The third-order valence-corrected chi connectivity index (χ3v) is 5.42. The number of fused-ring (bicyclic) bond motifs is 1. The van der Waals surface area contributed by atoms with Crippen molar-refractivity contribution in [2.24, 2.45) is 16.6 Å². The highest BCUT2D eigenvalue weighted by molar-refractivity contribution is 8.03. The van der Waals surface area contributed by atoms with Gasteiger partial charge in [-0.1, -0.05) is 0 Å². The number of amides is 5. The van der Waals surface area contributed by atoms with Crippen molar-refractivity contribution in [1.82, 2.24) is 4.90 Å². The number of aliphatic imine (C=N–C) groups is 1. The number of thioether (sulfide) groups is 1. The highest BCUT2D eigenvalue weighted by Gasteiger charge is 2.47. The first-order chi connectivity index (χ1) is 13.3.